The number of hydrogen-bond acceptors (Lipinski definition) is 6. The van der Waals surface area contributed by atoms with Crippen LogP contribution >= 0.6 is 27.3 Å². The van der Waals surface area contributed by atoms with Crippen LogP contribution < -0.4 is 14.8 Å². The molecule has 25 heavy (non-hydrogen) atoms. The molecule has 2 aromatic rings. The van der Waals surface area contributed by atoms with Crippen molar-refractivity contribution in [3.63, 3.8) is 0 Å². The van der Waals surface area contributed by atoms with Gasteiger partial charge in [0.15, 0.2) is 11.5 Å². The van der Waals surface area contributed by atoms with E-state index in [2.05, 4.69) is 21.2 Å². The molecule has 130 valence electrons. The van der Waals surface area contributed by atoms with Crippen LogP contribution in [0.25, 0.3) is 0 Å². The number of nitrogens with one attached hydrogen (secondary N) is 1. The second kappa shape index (κ2) is 9.20. The topological polar surface area (TPSA) is 88.4 Å². The Morgan fingerprint density at radius 2 is 2.20 bits per heavy atom. The van der Waals surface area contributed by atoms with Crippen molar-refractivity contribution < 1.29 is 19.1 Å². The lowest BCUT2D eigenvalue weighted by Gasteiger charge is -2.13. The van der Waals surface area contributed by atoms with E-state index in [4.69, 9.17) is 14.7 Å². The molecular weight excluding hydrogens is 408 g/mol. The number of thiophene rings is 1. The Hall–Kier alpha value is -2.37. The van der Waals surface area contributed by atoms with Gasteiger partial charge < -0.3 is 14.8 Å². The molecule has 0 aliphatic heterocycles. The van der Waals surface area contributed by atoms with Gasteiger partial charge in [-0.25, -0.2) is 0 Å². The first-order valence-electron chi connectivity index (χ1n) is 7.42. The summed E-state index contributed by atoms with van der Waals surface area (Å²) in [6.45, 7) is 2.31. The molecule has 0 saturated carbocycles. The highest BCUT2D eigenvalue weighted by Crippen LogP contribution is 2.37. The standard InChI is InChI=1S/C17H15BrN2O4S/c1-2-23-14-8-11(9-19)7-13(18)16(14)24-15(21)3-5-20-17(22)12-4-6-25-10-12/h4,6-8,10H,2-3,5H2,1H3,(H,20,22). The summed E-state index contributed by atoms with van der Waals surface area (Å²) < 4.78 is 11.2. The molecule has 1 aromatic carbocycles. The van der Waals surface area contributed by atoms with Crippen molar-refractivity contribution in [3.8, 4) is 17.6 Å². The third kappa shape index (κ3) is 5.31. The first kappa shape index (κ1) is 19.0. The van der Waals surface area contributed by atoms with Gasteiger partial charge in [-0.2, -0.15) is 16.6 Å². The largest absolute Gasteiger partial charge is 0.490 e. The van der Waals surface area contributed by atoms with E-state index in [-0.39, 0.29) is 24.6 Å². The molecule has 0 saturated heterocycles. The minimum atomic E-state index is -0.517. The monoisotopic (exact) mass is 422 g/mol. The fourth-order valence-electron chi connectivity index (χ4n) is 1.93. The zero-order valence-electron chi connectivity index (χ0n) is 13.4. The third-order valence-electron chi connectivity index (χ3n) is 3.05. The molecule has 0 spiro atoms. The number of halogens is 1. The number of carbonyl (C=O) groups excluding carboxylic acids is 2. The van der Waals surface area contributed by atoms with Crippen molar-refractivity contribution in [2.45, 2.75) is 13.3 Å². The predicted octanol–water partition coefficient (Wildman–Crippen LogP) is 3.51. The summed E-state index contributed by atoms with van der Waals surface area (Å²) in [5.41, 5.74) is 0.949. The van der Waals surface area contributed by atoms with Gasteiger partial charge in [-0.1, -0.05) is 0 Å². The normalized spacial score (nSPS) is 9.96. The van der Waals surface area contributed by atoms with E-state index < -0.39 is 5.97 Å². The van der Waals surface area contributed by atoms with E-state index in [1.165, 1.54) is 17.4 Å². The molecule has 0 unspecified atom stereocenters. The Morgan fingerprint density at radius 1 is 1.40 bits per heavy atom. The number of esters is 1. The molecular formula is C17H15BrN2O4S. The van der Waals surface area contributed by atoms with Crippen molar-refractivity contribution in [1.82, 2.24) is 5.32 Å². The highest BCUT2D eigenvalue weighted by atomic mass is 79.9. The number of benzene rings is 1. The van der Waals surface area contributed by atoms with Crippen molar-refractivity contribution in [1.29, 1.82) is 5.26 Å². The second-order valence-corrected chi connectivity index (χ2v) is 6.46. The van der Waals surface area contributed by atoms with Gasteiger partial charge in [0, 0.05) is 23.6 Å². The molecule has 1 amide bonds. The van der Waals surface area contributed by atoms with Gasteiger partial charge in [0.05, 0.1) is 29.1 Å². The number of carbonyl (C=O) groups is 2. The highest BCUT2D eigenvalue weighted by Gasteiger charge is 2.16. The van der Waals surface area contributed by atoms with E-state index in [1.807, 2.05) is 6.07 Å². The molecule has 1 aromatic heterocycles. The van der Waals surface area contributed by atoms with Gasteiger partial charge >= 0.3 is 5.97 Å². The van der Waals surface area contributed by atoms with E-state index in [1.54, 1.807) is 29.8 Å². The zero-order valence-corrected chi connectivity index (χ0v) is 15.8. The van der Waals surface area contributed by atoms with Crippen LogP contribution in [-0.2, 0) is 4.79 Å². The summed E-state index contributed by atoms with van der Waals surface area (Å²) in [7, 11) is 0. The number of rotatable bonds is 7. The highest BCUT2D eigenvalue weighted by molar-refractivity contribution is 9.10. The number of ether oxygens (including phenoxy) is 2. The SMILES string of the molecule is CCOc1cc(C#N)cc(Br)c1OC(=O)CCNC(=O)c1ccsc1. The fourth-order valence-corrected chi connectivity index (χ4v) is 3.09. The molecule has 0 bridgehead atoms. The molecule has 1 heterocycles. The fraction of sp³-hybridized carbons (Fsp3) is 0.235. The summed E-state index contributed by atoms with van der Waals surface area (Å²) >= 11 is 4.70. The first-order valence-corrected chi connectivity index (χ1v) is 9.16. The molecule has 0 aliphatic carbocycles. The minimum Gasteiger partial charge on any atom is -0.490 e. The summed E-state index contributed by atoms with van der Waals surface area (Å²) in [6.07, 6.45) is 0.00782. The van der Waals surface area contributed by atoms with Gasteiger partial charge in [-0.15, -0.1) is 0 Å². The van der Waals surface area contributed by atoms with Crippen LogP contribution in [0.3, 0.4) is 0 Å². The van der Waals surface area contributed by atoms with E-state index >= 15 is 0 Å². The Balaban J connectivity index is 1.96. The van der Waals surface area contributed by atoms with E-state index in [0.29, 0.717) is 28.0 Å². The van der Waals surface area contributed by atoms with Crippen molar-refractivity contribution in [3.05, 3.63) is 44.6 Å². The molecule has 8 heteroatoms. The summed E-state index contributed by atoms with van der Waals surface area (Å²) in [5.74, 6) is -0.223. The number of hydrogen-bond donors (Lipinski definition) is 1. The van der Waals surface area contributed by atoms with Crippen LogP contribution in [0.5, 0.6) is 11.5 Å². The maximum absolute atomic E-state index is 12.0. The van der Waals surface area contributed by atoms with E-state index in [0.717, 1.165) is 0 Å². The Kier molecular flexibility index (Phi) is 6.98. The molecule has 0 radical (unpaired) electrons. The second-order valence-electron chi connectivity index (χ2n) is 4.82. The molecule has 6 nitrogen and oxygen atoms in total. The summed E-state index contributed by atoms with van der Waals surface area (Å²) in [6, 6.07) is 6.77. The van der Waals surface area contributed by atoms with Crippen LogP contribution in [0.15, 0.2) is 33.4 Å². The van der Waals surface area contributed by atoms with Crippen LogP contribution in [0, 0.1) is 11.3 Å². The maximum Gasteiger partial charge on any atom is 0.313 e. The van der Waals surface area contributed by atoms with Gasteiger partial charge in [0.1, 0.15) is 0 Å². The predicted molar refractivity (Wildman–Crippen MR) is 96.9 cm³/mol. The van der Waals surface area contributed by atoms with Gasteiger partial charge in [0.2, 0.25) is 0 Å². The van der Waals surface area contributed by atoms with Crippen LogP contribution in [0.2, 0.25) is 0 Å². The number of nitriles is 1. The van der Waals surface area contributed by atoms with Gasteiger partial charge in [0.25, 0.3) is 5.91 Å². The lowest BCUT2D eigenvalue weighted by atomic mass is 10.2. The Morgan fingerprint density at radius 3 is 2.84 bits per heavy atom. The number of amides is 1. The summed E-state index contributed by atoms with van der Waals surface area (Å²) in [4.78, 5) is 23.8. The number of nitrogens with zero attached hydrogens (tertiary/aromatic N) is 1. The molecule has 1 N–H and O–H groups in total. The van der Waals surface area contributed by atoms with Crippen LogP contribution in [0.4, 0.5) is 0 Å². The van der Waals surface area contributed by atoms with Gasteiger partial charge in [-0.3, -0.25) is 9.59 Å². The van der Waals surface area contributed by atoms with E-state index in [9.17, 15) is 9.59 Å². The zero-order chi connectivity index (χ0) is 18.2. The van der Waals surface area contributed by atoms with Crippen LogP contribution in [0.1, 0.15) is 29.3 Å². The van der Waals surface area contributed by atoms with Crippen molar-refractivity contribution in [2.24, 2.45) is 0 Å². The Labute approximate surface area is 157 Å². The van der Waals surface area contributed by atoms with Crippen LogP contribution in [-0.4, -0.2) is 25.0 Å². The first-order chi connectivity index (χ1) is 12.0. The molecule has 0 aliphatic rings. The smallest absolute Gasteiger partial charge is 0.313 e. The lowest BCUT2D eigenvalue weighted by Crippen LogP contribution is -2.26. The van der Waals surface area contributed by atoms with Crippen molar-refractivity contribution in [2.75, 3.05) is 13.2 Å². The quantitative estimate of drug-likeness (QED) is 0.544. The molecule has 0 fully saturated rings. The molecule has 2 rings (SSSR count). The lowest BCUT2D eigenvalue weighted by molar-refractivity contribution is -0.134. The average Bonchev–Trinajstić information content (AvgIpc) is 3.12. The van der Waals surface area contributed by atoms with Gasteiger partial charge in [-0.05, 0) is 40.4 Å². The van der Waals surface area contributed by atoms with Crippen molar-refractivity contribution >= 4 is 39.1 Å². The maximum atomic E-state index is 12.0. The minimum absolute atomic E-state index is 0.00782. The molecule has 0 atom stereocenters. The summed E-state index contributed by atoms with van der Waals surface area (Å²) in [5, 5.41) is 15.2. The third-order valence-corrected chi connectivity index (χ3v) is 4.32. The Bertz CT molecular complexity index is 800. The average molecular weight is 423 g/mol.